The molecule has 8 nitrogen and oxygen atoms in total. The van der Waals surface area contributed by atoms with E-state index in [9.17, 15) is 13.6 Å². The van der Waals surface area contributed by atoms with E-state index in [2.05, 4.69) is 50.3 Å². The van der Waals surface area contributed by atoms with E-state index in [1.54, 1.807) is 6.20 Å². The summed E-state index contributed by atoms with van der Waals surface area (Å²) in [6.07, 6.45) is 13.0. The van der Waals surface area contributed by atoms with Crippen molar-refractivity contribution >= 4 is 33.3 Å². The third kappa shape index (κ3) is 8.79. The number of aromatic nitrogens is 1. The van der Waals surface area contributed by atoms with Crippen molar-refractivity contribution in [3.05, 3.63) is 46.2 Å². The first kappa shape index (κ1) is 39.9. The van der Waals surface area contributed by atoms with Crippen molar-refractivity contribution in [3.8, 4) is 5.75 Å². The molecule has 1 aromatic heterocycles. The molecule has 1 aromatic carbocycles. The molecule has 4 aliphatic carbocycles. The second kappa shape index (κ2) is 16.6. The summed E-state index contributed by atoms with van der Waals surface area (Å²) >= 11 is 3.58. The number of hydrogen-bond acceptors (Lipinski definition) is 6. The molecule has 1 saturated heterocycles. The Morgan fingerprint density at radius 3 is 2.65 bits per heavy atom. The van der Waals surface area contributed by atoms with Crippen molar-refractivity contribution in [2.75, 3.05) is 50.1 Å². The van der Waals surface area contributed by atoms with Crippen LogP contribution in [0.25, 0.3) is 0 Å². The molecule has 4 saturated carbocycles. The van der Waals surface area contributed by atoms with Gasteiger partial charge in [0.15, 0.2) is 0 Å². The van der Waals surface area contributed by atoms with Crippen molar-refractivity contribution < 1.29 is 27.8 Å². The number of unbranched alkanes of at least 4 members (excludes halogenated alkanes) is 2. The Morgan fingerprint density at radius 1 is 1.00 bits per heavy atom. The number of carbonyl (C=O) groups excluding carboxylic acids is 1. The molecule has 2 aromatic rings. The Balaban J connectivity index is 0.821. The van der Waals surface area contributed by atoms with Gasteiger partial charge in [-0.3, -0.25) is 9.88 Å². The van der Waals surface area contributed by atoms with Gasteiger partial charge in [-0.1, -0.05) is 29.8 Å². The molecule has 7 rings (SSSR count). The van der Waals surface area contributed by atoms with E-state index in [1.165, 1.54) is 19.3 Å². The summed E-state index contributed by atoms with van der Waals surface area (Å²) in [4.78, 5) is 19.5. The zero-order chi connectivity index (χ0) is 38.1. The van der Waals surface area contributed by atoms with Crippen LogP contribution in [-0.2, 0) is 9.47 Å². The maximum Gasteiger partial charge on any atom is 0.323 e. The van der Waals surface area contributed by atoms with Crippen LogP contribution < -0.4 is 15.4 Å². The van der Waals surface area contributed by atoms with Gasteiger partial charge in [-0.05, 0) is 149 Å². The topological polar surface area (TPSA) is 85.0 Å². The molecule has 2 N–H and O–H groups in total. The highest BCUT2D eigenvalue weighted by molar-refractivity contribution is 9.10. The Bertz CT molecular complexity index is 1610. The number of morpholine rings is 1. The number of nitrogens with one attached hydrogen (secondary N) is 2. The lowest BCUT2D eigenvalue weighted by Crippen LogP contribution is -2.55. The average molecular weight is 816 g/mol. The molecular weight excluding hydrogens is 754 g/mol. The fourth-order valence-electron chi connectivity index (χ4n) is 11.2. The van der Waals surface area contributed by atoms with Crippen LogP contribution in [0.1, 0.15) is 102 Å². The van der Waals surface area contributed by atoms with Crippen LogP contribution in [0, 0.1) is 48.3 Å². The van der Waals surface area contributed by atoms with Crippen LogP contribution in [-0.4, -0.2) is 73.5 Å². The van der Waals surface area contributed by atoms with Crippen LogP contribution in [0.3, 0.4) is 0 Å². The average Bonchev–Trinajstić information content (AvgIpc) is 3.48. The maximum atomic E-state index is 14.4. The molecule has 5 aliphatic rings. The second-order valence-electron chi connectivity index (χ2n) is 17.7. The fourth-order valence-corrected chi connectivity index (χ4v) is 11.5. The van der Waals surface area contributed by atoms with Gasteiger partial charge in [-0.15, -0.1) is 0 Å². The minimum atomic E-state index is -2.46. The zero-order valence-electron chi connectivity index (χ0n) is 32.7. The first-order chi connectivity index (χ1) is 25.8. The minimum absolute atomic E-state index is 0.0609. The van der Waals surface area contributed by atoms with E-state index in [0.29, 0.717) is 60.6 Å². The third-order valence-electron chi connectivity index (χ3n) is 14.3. The van der Waals surface area contributed by atoms with Gasteiger partial charge in [-0.2, -0.15) is 0 Å². The SMILES string of the molecule is Cc1ccc(NC(=O)Nc2cc(Br)c(C)cc2OC[C@@H]2CN(CCCCCO[C@H]3CC[C@H]4[C@@H]5CC[C@H]6CC(F)(F)CC[C@]6(C)[C@H]5CC[C@]34C)CCO2)cn1. The molecule has 0 bridgehead atoms. The van der Waals surface area contributed by atoms with Gasteiger partial charge in [0.1, 0.15) is 18.5 Å². The molecule has 5 fully saturated rings. The molecular formula is C43H61BrF2N4O4. The molecule has 0 spiro atoms. The van der Waals surface area contributed by atoms with Crippen LogP contribution >= 0.6 is 15.9 Å². The molecule has 298 valence electrons. The molecule has 0 unspecified atom stereocenters. The van der Waals surface area contributed by atoms with Gasteiger partial charge in [0.2, 0.25) is 5.92 Å². The third-order valence-corrected chi connectivity index (χ3v) is 15.2. The molecule has 11 heteroatoms. The van der Waals surface area contributed by atoms with Crippen LogP contribution in [0.2, 0.25) is 0 Å². The predicted octanol–water partition coefficient (Wildman–Crippen LogP) is 10.4. The highest BCUT2D eigenvalue weighted by atomic mass is 79.9. The number of anilines is 2. The largest absolute Gasteiger partial charge is 0.489 e. The number of benzene rings is 1. The lowest BCUT2D eigenvalue weighted by molar-refractivity contribution is -0.169. The number of urea groups is 1. The van der Waals surface area contributed by atoms with Gasteiger partial charge in [0.25, 0.3) is 0 Å². The number of alkyl halides is 2. The van der Waals surface area contributed by atoms with E-state index in [-0.39, 0.29) is 41.7 Å². The van der Waals surface area contributed by atoms with E-state index in [4.69, 9.17) is 14.2 Å². The number of aryl methyl sites for hydroxylation is 2. The summed E-state index contributed by atoms with van der Waals surface area (Å²) < 4.78 is 48.6. The monoisotopic (exact) mass is 814 g/mol. The molecule has 0 radical (unpaired) electrons. The number of rotatable bonds is 12. The summed E-state index contributed by atoms with van der Waals surface area (Å²) in [5.41, 5.74) is 3.40. The Morgan fingerprint density at radius 2 is 1.83 bits per heavy atom. The number of fused-ring (bicyclic) bond motifs is 5. The number of nitrogens with zero attached hydrogens (tertiary/aromatic N) is 2. The number of carbonyl (C=O) groups is 1. The molecule has 2 heterocycles. The van der Waals surface area contributed by atoms with Gasteiger partial charge in [0, 0.05) is 42.7 Å². The first-order valence-corrected chi connectivity index (χ1v) is 21.4. The van der Waals surface area contributed by atoms with Crippen LogP contribution in [0.5, 0.6) is 5.75 Å². The Labute approximate surface area is 329 Å². The van der Waals surface area contributed by atoms with Crippen molar-refractivity contribution in [2.24, 2.45) is 34.5 Å². The quantitative estimate of drug-likeness (QED) is 0.208. The summed E-state index contributed by atoms with van der Waals surface area (Å²) in [6.45, 7) is 13.4. The molecule has 2 amide bonds. The highest BCUT2D eigenvalue weighted by Gasteiger charge is 2.62. The Hall–Kier alpha value is -2.34. The van der Waals surface area contributed by atoms with Gasteiger partial charge >= 0.3 is 6.03 Å². The lowest BCUT2D eigenvalue weighted by atomic mass is 9.45. The van der Waals surface area contributed by atoms with Gasteiger partial charge in [-0.25, -0.2) is 13.6 Å². The van der Waals surface area contributed by atoms with E-state index in [0.717, 1.165) is 80.5 Å². The fraction of sp³-hybridized carbons (Fsp3) is 0.721. The van der Waals surface area contributed by atoms with Gasteiger partial charge in [0.05, 0.1) is 30.3 Å². The molecule has 54 heavy (non-hydrogen) atoms. The molecule has 1 aliphatic heterocycles. The lowest BCUT2D eigenvalue weighted by Gasteiger charge is -2.61. The second-order valence-corrected chi connectivity index (χ2v) is 18.6. The summed E-state index contributed by atoms with van der Waals surface area (Å²) in [5.74, 6) is 0.299. The zero-order valence-corrected chi connectivity index (χ0v) is 34.3. The van der Waals surface area contributed by atoms with E-state index in [1.807, 2.05) is 38.1 Å². The number of hydrogen-bond donors (Lipinski definition) is 2. The summed E-state index contributed by atoms with van der Waals surface area (Å²) in [5, 5.41) is 5.75. The standard InChI is InChI=1S/C43H61BrF2N4O4/c1-28-22-38(37(23-36(28)44)49-40(51)48-31-10-8-29(2)47-25-31)54-27-32-26-50(19-21-52-32)18-6-5-7-20-53-39-13-12-34-33-11-9-30-24-43(45,46)17-16-41(30,3)35(33)14-15-42(34,39)4/h8,10,22-23,25,30,32-35,39H,5-7,9,11-21,24,26-27H2,1-4H3,(H2,48,49,51)/t30-,32-,33-,34-,35-,39-,41-,42-/m0/s1. The van der Waals surface area contributed by atoms with E-state index < -0.39 is 5.92 Å². The summed E-state index contributed by atoms with van der Waals surface area (Å²) in [7, 11) is 0. The van der Waals surface area contributed by atoms with Crippen LogP contribution in [0.4, 0.5) is 25.0 Å². The van der Waals surface area contributed by atoms with Crippen molar-refractivity contribution in [1.29, 1.82) is 0 Å². The normalized spacial score (nSPS) is 33.3. The van der Waals surface area contributed by atoms with Crippen molar-refractivity contribution in [1.82, 2.24) is 9.88 Å². The molecule has 8 atom stereocenters. The first-order valence-electron chi connectivity index (χ1n) is 20.6. The summed E-state index contributed by atoms with van der Waals surface area (Å²) in [6, 6.07) is 7.09. The van der Waals surface area contributed by atoms with E-state index >= 15 is 0 Å². The maximum absolute atomic E-state index is 14.4. The number of halogens is 3. The highest BCUT2D eigenvalue weighted by Crippen LogP contribution is 2.67. The number of ether oxygens (including phenoxy) is 3. The smallest absolute Gasteiger partial charge is 0.323 e. The van der Waals surface area contributed by atoms with Gasteiger partial charge < -0.3 is 24.8 Å². The Kier molecular flexibility index (Phi) is 12.3. The number of pyridine rings is 1. The van der Waals surface area contributed by atoms with Crippen LogP contribution in [0.15, 0.2) is 34.9 Å². The predicted molar refractivity (Wildman–Crippen MR) is 212 cm³/mol. The van der Waals surface area contributed by atoms with Crippen molar-refractivity contribution in [3.63, 3.8) is 0 Å². The van der Waals surface area contributed by atoms with Crippen molar-refractivity contribution in [2.45, 2.75) is 123 Å². The number of amides is 2. The minimum Gasteiger partial charge on any atom is -0.489 e.